The summed E-state index contributed by atoms with van der Waals surface area (Å²) in [5.41, 5.74) is 0. The molecular formula is C10H20N2O3. The first-order valence-corrected chi connectivity index (χ1v) is 4.97. The molecule has 5 heteroatoms. The van der Waals surface area contributed by atoms with Gasteiger partial charge in [0.25, 0.3) is 0 Å². The predicted octanol–water partition coefficient (Wildman–Crippen LogP) is -0.137. The van der Waals surface area contributed by atoms with E-state index in [1.165, 1.54) is 7.11 Å². The van der Waals surface area contributed by atoms with Crippen molar-refractivity contribution in [1.82, 2.24) is 10.2 Å². The third-order valence-electron chi connectivity index (χ3n) is 1.75. The molecule has 5 nitrogen and oxygen atoms in total. The van der Waals surface area contributed by atoms with Crippen LogP contribution in [-0.2, 0) is 14.3 Å². The minimum absolute atomic E-state index is 0.0740. The fraction of sp³-hybridized carbons (Fsp3) is 0.800. The molecule has 0 radical (unpaired) electrons. The molecule has 0 fully saturated rings. The Morgan fingerprint density at radius 2 is 1.93 bits per heavy atom. The van der Waals surface area contributed by atoms with Crippen molar-refractivity contribution in [3.8, 4) is 0 Å². The van der Waals surface area contributed by atoms with E-state index in [4.69, 9.17) is 0 Å². The van der Waals surface area contributed by atoms with Crippen LogP contribution in [0.1, 0.15) is 13.8 Å². The first-order chi connectivity index (χ1) is 6.95. The number of amides is 1. The highest BCUT2D eigenvalue weighted by molar-refractivity contribution is 5.79. The van der Waals surface area contributed by atoms with Crippen molar-refractivity contribution in [3.05, 3.63) is 0 Å². The summed E-state index contributed by atoms with van der Waals surface area (Å²) in [4.78, 5) is 23.8. The Balaban J connectivity index is 3.71. The van der Waals surface area contributed by atoms with Crippen molar-refractivity contribution in [2.75, 3.05) is 33.8 Å². The zero-order valence-corrected chi connectivity index (χ0v) is 9.87. The largest absolute Gasteiger partial charge is 0.468 e. The van der Waals surface area contributed by atoms with Crippen LogP contribution >= 0.6 is 0 Å². The molecule has 0 bridgehead atoms. The van der Waals surface area contributed by atoms with Gasteiger partial charge in [-0.1, -0.05) is 13.8 Å². The van der Waals surface area contributed by atoms with Crippen LogP contribution in [0.25, 0.3) is 0 Å². The third kappa shape index (κ3) is 7.93. The highest BCUT2D eigenvalue weighted by Gasteiger charge is 2.10. The van der Waals surface area contributed by atoms with Crippen LogP contribution in [-0.4, -0.2) is 50.6 Å². The molecule has 1 amide bonds. The molecule has 0 aliphatic carbocycles. The normalized spacial score (nSPS) is 10.5. The van der Waals surface area contributed by atoms with E-state index in [-0.39, 0.29) is 25.0 Å². The van der Waals surface area contributed by atoms with Crippen LogP contribution in [0.3, 0.4) is 0 Å². The van der Waals surface area contributed by atoms with Gasteiger partial charge in [0.1, 0.15) is 0 Å². The van der Waals surface area contributed by atoms with E-state index in [9.17, 15) is 9.59 Å². The molecule has 0 unspecified atom stereocenters. The van der Waals surface area contributed by atoms with Gasteiger partial charge in [-0.2, -0.15) is 0 Å². The summed E-state index contributed by atoms with van der Waals surface area (Å²) in [6, 6.07) is 0. The minimum atomic E-state index is -0.339. The number of hydrogen-bond acceptors (Lipinski definition) is 4. The van der Waals surface area contributed by atoms with E-state index in [0.29, 0.717) is 12.5 Å². The lowest BCUT2D eigenvalue weighted by Gasteiger charge is -2.15. The van der Waals surface area contributed by atoms with Crippen molar-refractivity contribution in [2.45, 2.75) is 13.8 Å². The Labute approximate surface area is 90.8 Å². The molecule has 0 atom stereocenters. The number of nitrogens with one attached hydrogen (secondary N) is 1. The highest BCUT2D eigenvalue weighted by atomic mass is 16.5. The van der Waals surface area contributed by atoms with E-state index in [0.717, 1.165) is 0 Å². The zero-order chi connectivity index (χ0) is 11.8. The standard InChI is InChI=1S/C10H20N2O3/c1-8(2)5-11-9(13)6-12(3)7-10(14)15-4/h8H,5-7H2,1-4H3,(H,11,13). The monoisotopic (exact) mass is 216 g/mol. The van der Waals surface area contributed by atoms with Gasteiger partial charge in [0.15, 0.2) is 0 Å². The number of carbonyl (C=O) groups excluding carboxylic acids is 2. The number of ether oxygens (including phenoxy) is 1. The van der Waals surface area contributed by atoms with Crippen LogP contribution in [0.2, 0.25) is 0 Å². The number of carbonyl (C=O) groups is 2. The average molecular weight is 216 g/mol. The molecule has 0 aromatic carbocycles. The van der Waals surface area contributed by atoms with Gasteiger partial charge in [-0.25, -0.2) is 0 Å². The second-order valence-corrected chi connectivity index (χ2v) is 3.95. The van der Waals surface area contributed by atoms with E-state index in [1.54, 1.807) is 11.9 Å². The Kier molecular flexibility index (Phi) is 6.70. The summed E-state index contributed by atoms with van der Waals surface area (Å²) in [5.74, 6) is 0.0177. The summed E-state index contributed by atoms with van der Waals surface area (Å²) in [6.07, 6.45) is 0. The molecule has 0 aromatic heterocycles. The maximum absolute atomic E-state index is 11.3. The fourth-order valence-electron chi connectivity index (χ4n) is 0.960. The van der Waals surface area contributed by atoms with Crippen LogP contribution in [0.15, 0.2) is 0 Å². The number of likely N-dealkylation sites (N-methyl/N-ethyl adjacent to an activating group) is 1. The summed E-state index contributed by atoms with van der Waals surface area (Å²) < 4.78 is 4.49. The van der Waals surface area contributed by atoms with Crippen LogP contribution in [0, 0.1) is 5.92 Å². The maximum Gasteiger partial charge on any atom is 0.319 e. The van der Waals surface area contributed by atoms with Crippen molar-refractivity contribution in [2.24, 2.45) is 5.92 Å². The lowest BCUT2D eigenvalue weighted by atomic mass is 10.2. The summed E-state index contributed by atoms with van der Waals surface area (Å²) in [6.45, 7) is 5.05. The average Bonchev–Trinajstić information content (AvgIpc) is 2.14. The second-order valence-electron chi connectivity index (χ2n) is 3.95. The maximum atomic E-state index is 11.3. The van der Waals surface area contributed by atoms with E-state index >= 15 is 0 Å². The fourth-order valence-corrected chi connectivity index (χ4v) is 0.960. The molecule has 0 saturated carbocycles. The lowest BCUT2D eigenvalue weighted by Crippen LogP contribution is -2.39. The number of methoxy groups -OCH3 is 1. The van der Waals surface area contributed by atoms with Crippen LogP contribution < -0.4 is 5.32 Å². The molecule has 0 aliphatic heterocycles. The Morgan fingerprint density at radius 3 is 2.40 bits per heavy atom. The highest BCUT2D eigenvalue weighted by Crippen LogP contribution is 1.88. The molecule has 0 aromatic rings. The van der Waals surface area contributed by atoms with Gasteiger partial charge in [-0.05, 0) is 13.0 Å². The topological polar surface area (TPSA) is 58.6 Å². The van der Waals surface area contributed by atoms with Crippen molar-refractivity contribution in [3.63, 3.8) is 0 Å². The molecule has 0 spiro atoms. The van der Waals surface area contributed by atoms with Gasteiger partial charge in [0.2, 0.25) is 5.91 Å². The van der Waals surface area contributed by atoms with Gasteiger partial charge in [-0.3, -0.25) is 14.5 Å². The summed E-state index contributed by atoms with van der Waals surface area (Å²) in [5, 5.41) is 2.77. The van der Waals surface area contributed by atoms with Crippen LogP contribution in [0.4, 0.5) is 0 Å². The molecule has 1 N–H and O–H groups in total. The molecule has 15 heavy (non-hydrogen) atoms. The Hall–Kier alpha value is -1.10. The van der Waals surface area contributed by atoms with E-state index in [2.05, 4.69) is 10.1 Å². The molecule has 0 aliphatic rings. The third-order valence-corrected chi connectivity index (χ3v) is 1.75. The second kappa shape index (κ2) is 7.23. The lowest BCUT2D eigenvalue weighted by molar-refractivity contribution is -0.141. The van der Waals surface area contributed by atoms with Crippen molar-refractivity contribution < 1.29 is 14.3 Å². The van der Waals surface area contributed by atoms with Gasteiger partial charge in [-0.15, -0.1) is 0 Å². The number of hydrogen-bond donors (Lipinski definition) is 1. The molecular weight excluding hydrogens is 196 g/mol. The van der Waals surface area contributed by atoms with Gasteiger partial charge >= 0.3 is 5.97 Å². The number of rotatable bonds is 6. The molecule has 88 valence electrons. The zero-order valence-electron chi connectivity index (χ0n) is 9.87. The van der Waals surface area contributed by atoms with Crippen LogP contribution in [0.5, 0.6) is 0 Å². The van der Waals surface area contributed by atoms with Crippen molar-refractivity contribution >= 4 is 11.9 Å². The first kappa shape index (κ1) is 13.9. The summed E-state index contributed by atoms with van der Waals surface area (Å²) in [7, 11) is 3.03. The van der Waals surface area contributed by atoms with E-state index < -0.39 is 0 Å². The van der Waals surface area contributed by atoms with Gasteiger partial charge < -0.3 is 10.1 Å². The molecule has 0 heterocycles. The SMILES string of the molecule is COC(=O)CN(C)CC(=O)NCC(C)C. The Bertz CT molecular complexity index is 217. The number of nitrogens with zero attached hydrogens (tertiary/aromatic N) is 1. The Morgan fingerprint density at radius 1 is 1.33 bits per heavy atom. The van der Waals surface area contributed by atoms with Gasteiger partial charge in [0.05, 0.1) is 20.2 Å². The van der Waals surface area contributed by atoms with Crippen molar-refractivity contribution in [1.29, 1.82) is 0 Å². The molecule has 0 saturated heterocycles. The van der Waals surface area contributed by atoms with Gasteiger partial charge in [0, 0.05) is 6.54 Å². The predicted molar refractivity (Wildman–Crippen MR) is 57.4 cm³/mol. The first-order valence-electron chi connectivity index (χ1n) is 4.97. The van der Waals surface area contributed by atoms with E-state index in [1.807, 2.05) is 13.8 Å². The molecule has 0 rings (SSSR count). The summed E-state index contributed by atoms with van der Waals surface area (Å²) >= 11 is 0. The quantitative estimate of drug-likeness (QED) is 0.628. The minimum Gasteiger partial charge on any atom is -0.468 e. The number of esters is 1. The smallest absolute Gasteiger partial charge is 0.319 e.